The standard InChI is InChI=1S/C10H12BrN3O/c1-6(2)14-5-13-8-7(11)4-12-10(15-3)9(8)14/h4-6H,1-3H3. The Balaban J connectivity index is 2.81. The maximum Gasteiger partial charge on any atom is 0.240 e. The molecule has 0 aliphatic heterocycles. The van der Waals surface area contributed by atoms with Gasteiger partial charge in [0.1, 0.15) is 11.0 Å². The van der Waals surface area contributed by atoms with Crippen molar-refractivity contribution in [3.05, 3.63) is 17.0 Å². The van der Waals surface area contributed by atoms with E-state index in [9.17, 15) is 0 Å². The number of halogens is 1. The van der Waals surface area contributed by atoms with Crippen molar-refractivity contribution < 1.29 is 4.74 Å². The minimum absolute atomic E-state index is 0.333. The third-order valence-corrected chi connectivity index (χ3v) is 2.85. The first kappa shape index (κ1) is 10.4. The van der Waals surface area contributed by atoms with Crippen LogP contribution in [0, 0.1) is 0 Å². The third-order valence-electron chi connectivity index (χ3n) is 2.27. The molecule has 4 nitrogen and oxygen atoms in total. The maximum atomic E-state index is 5.24. The van der Waals surface area contributed by atoms with Crippen LogP contribution in [-0.2, 0) is 0 Å². The molecule has 0 bridgehead atoms. The number of ether oxygens (including phenoxy) is 1. The lowest BCUT2D eigenvalue weighted by Gasteiger charge is -2.10. The molecule has 80 valence electrons. The summed E-state index contributed by atoms with van der Waals surface area (Å²) in [6.45, 7) is 4.20. The molecule has 2 aromatic heterocycles. The van der Waals surface area contributed by atoms with Crippen LogP contribution in [0.4, 0.5) is 0 Å². The van der Waals surface area contributed by atoms with Crippen LogP contribution in [0.3, 0.4) is 0 Å². The number of rotatable bonds is 2. The van der Waals surface area contributed by atoms with E-state index in [-0.39, 0.29) is 0 Å². The Kier molecular flexibility index (Phi) is 2.65. The summed E-state index contributed by atoms with van der Waals surface area (Å²) >= 11 is 3.43. The van der Waals surface area contributed by atoms with Crippen LogP contribution in [0.25, 0.3) is 11.0 Å². The molecule has 0 unspecified atom stereocenters. The van der Waals surface area contributed by atoms with E-state index in [0.29, 0.717) is 11.9 Å². The summed E-state index contributed by atoms with van der Waals surface area (Å²) in [6.07, 6.45) is 3.52. The van der Waals surface area contributed by atoms with E-state index in [1.54, 1.807) is 13.3 Å². The van der Waals surface area contributed by atoms with Gasteiger partial charge in [0, 0.05) is 12.2 Å². The minimum atomic E-state index is 0.333. The second-order valence-electron chi connectivity index (χ2n) is 3.56. The zero-order valence-corrected chi connectivity index (χ0v) is 10.4. The predicted molar refractivity (Wildman–Crippen MR) is 62.2 cm³/mol. The lowest BCUT2D eigenvalue weighted by molar-refractivity contribution is 0.399. The molecule has 0 atom stereocenters. The van der Waals surface area contributed by atoms with Crippen LogP contribution < -0.4 is 4.74 Å². The minimum Gasteiger partial charge on any atom is -0.479 e. The molecule has 0 saturated carbocycles. The van der Waals surface area contributed by atoms with Gasteiger partial charge in [-0.05, 0) is 29.8 Å². The summed E-state index contributed by atoms with van der Waals surface area (Å²) in [5.41, 5.74) is 1.82. The molecule has 0 spiro atoms. The van der Waals surface area contributed by atoms with E-state index in [4.69, 9.17) is 4.74 Å². The van der Waals surface area contributed by atoms with E-state index in [1.807, 2.05) is 10.9 Å². The first-order chi connectivity index (χ1) is 7.15. The normalized spacial score (nSPS) is 11.3. The Bertz CT molecular complexity index is 493. The predicted octanol–water partition coefficient (Wildman–Crippen LogP) is 2.78. The van der Waals surface area contributed by atoms with E-state index in [2.05, 4.69) is 39.7 Å². The molecule has 2 rings (SSSR count). The number of hydrogen-bond acceptors (Lipinski definition) is 3. The highest BCUT2D eigenvalue weighted by atomic mass is 79.9. The van der Waals surface area contributed by atoms with Gasteiger partial charge in [0.25, 0.3) is 0 Å². The van der Waals surface area contributed by atoms with Crippen molar-refractivity contribution in [1.29, 1.82) is 0 Å². The highest BCUT2D eigenvalue weighted by Gasteiger charge is 2.14. The van der Waals surface area contributed by atoms with Crippen LogP contribution >= 0.6 is 15.9 Å². The van der Waals surface area contributed by atoms with Crippen LogP contribution in [0.1, 0.15) is 19.9 Å². The molecule has 5 heteroatoms. The first-order valence-corrected chi connectivity index (χ1v) is 5.49. The van der Waals surface area contributed by atoms with Gasteiger partial charge in [-0.3, -0.25) is 0 Å². The summed E-state index contributed by atoms with van der Waals surface area (Å²) < 4.78 is 8.17. The van der Waals surface area contributed by atoms with Crippen LogP contribution in [-0.4, -0.2) is 21.6 Å². The average Bonchev–Trinajstić information content (AvgIpc) is 2.64. The Morgan fingerprint density at radius 2 is 2.13 bits per heavy atom. The fraction of sp³-hybridized carbons (Fsp3) is 0.400. The van der Waals surface area contributed by atoms with Gasteiger partial charge in [-0.25, -0.2) is 9.97 Å². The van der Waals surface area contributed by atoms with Crippen molar-refractivity contribution in [2.75, 3.05) is 7.11 Å². The van der Waals surface area contributed by atoms with Crippen molar-refractivity contribution in [1.82, 2.24) is 14.5 Å². The van der Waals surface area contributed by atoms with E-state index in [0.717, 1.165) is 15.5 Å². The fourth-order valence-corrected chi connectivity index (χ4v) is 1.92. The highest BCUT2D eigenvalue weighted by molar-refractivity contribution is 9.10. The average molecular weight is 270 g/mol. The number of pyridine rings is 1. The number of methoxy groups -OCH3 is 1. The molecule has 0 aliphatic carbocycles. The van der Waals surface area contributed by atoms with Crippen molar-refractivity contribution in [3.63, 3.8) is 0 Å². The van der Waals surface area contributed by atoms with Gasteiger partial charge < -0.3 is 9.30 Å². The van der Waals surface area contributed by atoms with Crippen molar-refractivity contribution >= 4 is 27.0 Å². The van der Waals surface area contributed by atoms with Crippen molar-refractivity contribution in [2.45, 2.75) is 19.9 Å². The Labute approximate surface area is 96.4 Å². The van der Waals surface area contributed by atoms with Gasteiger partial charge in [0.15, 0.2) is 0 Å². The third kappa shape index (κ3) is 1.61. The van der Waals surface area contributed by atoms with Gasteiger partial charge in [-0.2, -0.15) is 0 Å². The van der Waals surface area contributed by atoms with Gasteiger partial charge in [0.2, 0.25) is 5.88 Å². The van der Waals surface area contributed by atoms with Crippen molar-refractivity contribution in [3.8, 4) is 5.88 Å². The van der Waals surface area contributed by atoms with Crippen molar-refractivity contribution in [2.24, 2.45) is 0 Å². The molecule has 0 aromatic carbocycles. The smallest absolute Gasteiger partial charge is 0.240 e. The summed E-state index contributed by atoms with van der Waals surface area (Å²) in [7, 11) is 1.62. The maximum absolute atomic E-state index is 5.24. The zero-order chi connectivity index (χ0) is 11.0. The molecule has 0 fully saturated rings. The summed E-state index contributed by atoms with van der Waals surface area (Å²) in [5.74, 6) is 0.611. The van der Waals surface area contributed by atoms with Gasteiger partial charge in [-0.1, -0.05) is 0 Å². The molecule has 0 aliphatic rings. The molecule has 0 N–H and O–H groups in total. The Morgan fingerprint density at radius 3 is 2.73 bits per heavy atom. The number of aromatic nitrogens is 3. The number of nitrogens with zero attached hydrogens (tertiary/aromatic N) is 3. The molecule has 15 heavy (non-hydrogen) atoms. The summed E-state index contributed by atoms with van der Waals surface area (Å²) in [4.78, 5) is 8.55. The number of hydrogen-bond donors (Lipinski definition) is 0. The van der Waals surface area contributed by atoms with E-state index >= 15 is 0 Å². The quantitative estimate of drug-likeness (QED) is 0.842. The topological polar surface area (TPSA) is 39.9 Å². The van der Waals surface area contributed by atoms with Gasteiger partial charge >= 0.3 is 0 Å². The lowest BCUT2D eigenvalue weighted by Crippen LogP contribution is -2.00. The molecule has 0 amide bonds. The molecule has 2 heterocycles. The largest absolute Gasteiger partial charge is 0.479 e. The number of imidazole rings is 1. The first-order valence-electron chi connectivity index (χ1n) is 4.70. The van der Waals surface area contributed by atoms with Crippen LogP contribution in [0.15, 0.2) is 17.0 Å². The molecule has 0 radical (unpaired) electrons. The molecular formula is C10H12BrN3O. The van der Waals surface area contributed by atoms with Gasteiger partial charge in [0.05, 0.1) is 17.9 Å². The van der Waals surface area contributed by atoms with E-state index in [1.165, 1.54) is 0 Å². The second-order valence-corrected chi connectivity index (χ2v) is 4.41. The van der Waals surface area contributed by atoms with Crippen LogP contribution in [0.2, 0.25) is 0 Å². The Hall–Kier alpha value is -1.10. The summed E-state index contributed by atoms with van der Waals surface area (Å²) in [6, 6.07) is 0.333. The lowest BCUT2D eigenvalue weighted by atomic mass is 10.3. The summed E-state index contributed by atoms with van der Waals surface area (Å²) in [5, 5.41) is 0. The van der Waals surface area contributed by atoms with Gasteiger partial charge in [-0.15, -0.1) is 0 Å². The second kappa shape index (κ2) is 3.81. The fourth-order valence-electron chi connectivity index (χ4n) is 1.53. The molecular weight excluding hydrogens is 258 g/mol. The SMILES string of the molecule is COc1ncc(Br)c2ncn(C(C)C)c12. The zero-order valence-electron chi connectivity index (χ0n) is 8.86. The monoisotopic (exact) mass is 269 g/mol. The molecule has 0 saturated heterocycles. The Morgan fingerprint density at radius 1 is 1.40 bits per heavy atom. The number of fused-ring (bicyclic) bond motifs is 1. The highest BCUT2D eigenvalue weighted by Crippen LogP contribution is 2.30. The van der Waals surface area contributed by atoms with E-state index < -0.39 is 0 Å². The molecule has 2 aromatic rings. The van der Waals surface area contributed by atoms with Crippen LogP contribution in [0.5, 0.6) is 5.88 Å².